The summed E-state index contributed by atoms with van der Waals surface area (Å²) in [7, 11) is 0. The molecule has 138 valence electrons. The first-order chi connectivity index (χ1) is 9.58. The van der Waals surface area contributed by atoms with Crippen LogP contribution in [0.5, 0.6) is 0 Å². The fourth-order valence-corrected chi connectivity index (χ4v) is 2.39. The van der Waals surface area contributed by atoms with Gasteiger partial charge in [0.15, 0.2) is 0 Å². The summed E-state index contributed by atoms with van der Waals surface area (Å²) in [6, 6.07) is 0. The third-order valence-electron chi connectivity index (χ3n) is 3.50. The van der Waals surface area contributed by atoms with E-state index in [2.05, 4.69) is 70.6 Å². The van der Waals surface area contributed by atoms with Crippen LogP contribution in [-0.4, -0.2) is 0 Å². The van der Waals surface area contributed by atoms with Crippen LogP contribution in [0.3, 0.4) is 0 Å². The van der Waals surface area contributed by atoms with Crippen molar-refractivity contribution in [2.75, 3.05) is 0 Å². The summed E-state index contributed by atoms with van der Waals surface area (Å²) in [6.07, 6.45) is 24.4. The average molecular weight is 447 g/mol. The molecule has 24 heavy (non-hydrogen) atoms. The number of hydrogen-bond acceptors (Lipinski definition) is 0. The summed E-state index contributed by atoms with van der Waals surface area (Å²) < 4.78 is 0. The second kappa shape index (κ2) is 19.7. The van der Waals surface area contributed by atoms with E-state index in [0.29, 0.717) is 11.8 Å². The Kier molecular flexibility index (Phi) is 26.4. The van der Waals surface area contributed by atoms with Crippen LogP contribution in [0.4, 0.5) is 0 Å². The summed E-state index contributed by atoms with van der Waals surface area (Å²) in [5.74, 6) is 1.11. The van der Waals surface area contributed by atoms with Gasteiger partial charge in [-0.05, 0) is 0 Å². The summed E-state index contributed by atoms with van der Waals surface area (Å²) >= 11 is 0. The summed E-state index contributed by atoms with van der Waals surface area (Å²) in [4.78, 5) is 0. The Bertz CT molecular complexity index is 347. The van der Waals surface area contributed by atoms with Gasteiger partial charge in [0, 0.05) is 0 Å². The normalized spacial score (nSPS) is 22.5. The SMILES string of the molecule is CC1=[C-]C(C)C=C1.CC1=[C-]C(C)C=C1.[CH-]1CCCCC1.[CH3-].[Cl-].[Cl-].[Zr+2]. The molecule has 0 saturated heterocycles. The van der Waals surface area contributed by atoms with Crippen molar-refractivity contribution in [1.29, 1.82) is 0 Å². The van der Waals surface area contributed by atoms with Crippen LogP contribution in [-0.2, 0) is 26.2 Å². The third-order valence-corrected chi connectivity index (χ3v) is 3.50. The van der Waals surface area contributed by atoms with Crippen molar-refractivity contribution in [2.24, 2.45) is 11.8 Å². The maximum absolute atomic E-state index is 3.22. The van der Waals surface area contributed by atoms with Crippen molar-refractivity contribution in [2.45, 2.75) is 59.8 Å². The van der Waals surface area contributed by atoms with E-state index in [1.165, 1.54) is 43.3 Å². The molecule has 1 fully saturated rings. The molecule has 0 N–H and O–H groups in total. The Morgan fingerprint density at radius 1 is 0.833 bits per heavy atom. The molecule has 3 heteroatoms. The van der Waals surface area contributed by atoms with Crippen LogP contribution in [0, 0.1) is 37.8 Å². The summed E-state index contributed by atoms with van der Waals surface area (Å²) in [5, 5.41) is 0. The van der Waals surface area contributed by atoms with Crippen molar-refractivity contribution < 1.29 is 51.0 Å². The number of hydrogen-bond donors (Lipinski definition) is 0. The van der Waals surface area contributed by atoms with Crippen LogP contribution in [0.2, 0.25) is 0 Å². The molecule has 2 atom stereocenters. The molecule has 1 saturated carbocycles. The molecule has 0 amide bonds. The van der Waals surface area contributed by atoms with Crippen LogP contribution in [0.15, 0.2) is 35.5 Å². The van der Waals surface area contributed by atoms with E-state index >= 15 is 0 Å². The first-order valence-electron chi connectivity index (χ1n) is 7.96. The zero-order chi connectivity index (χ0) is 14.8. The minimum atomic E-state index is 0. The molecule has 0 radical (unpaired) electrons. The quantitative estimate of drug-likeness (QED) is 0.476. The number of allylic oxidation sites excluding steroid dienone is 8. The van der Waals surface area contributed by atoms with Gasteiger partial charge in [-0.25, -0.2) is 23.3 Å². The van der Waals surface area contributed by atoms with Crippen LogP contribution in [0.1, 0.15) is 59.8 Å². The van der Waals surface area contributed by atoms with Gasteiger partial charge in [-0.3, -0.25) is 12.2 Å². The fraction of sp³-hybridized carbons (Fsp3) is 0.524. The van der Waals surface area contributed by atoms with Gasteiger partial charge in [-0.1, -0.05) is 58.8 Å². The molecule has 0 aromatic heterocycles. The monoisotopic (exact) mass is 444 g/mol. The molecule has 0 spiro atoms. The number of rotatable bonds is 0. The van der Waals surface area contributed by atoms with Gasteiger partial charge in [0.25, 0.3) is 0 Å². The van der Waals surface area contributed by atoms with E-state index in [9.17, 15) is 0 Å². The molecule has 0 aromatic carbocycles. The minimum absolute atomic E-state index is 0. The smallest absolute Gasteiger partial charge is 1.00 e. The van der Waals surface area contributed by atoms with Gasteiger partial charge >= 0.3 is 26.2 Å². The Morgan fingerprint density at radius 2 is 1.21 bits per heavy atom. The molecular weight excluding hydrogens is 414 g/mol. The van der Waals surface area contributed by atoms with Gasteiger partial charge in [-0.15, -0.1) is 0 Å². The molecule has 3 aliphatic carbocycles. The predicted molar refractivity (Wildman–Crippen MR) is 95.3 cm³/mol. The maximum Gasteiger partial charge on any atom is 2.00 e. The van der Waals surface area contributed by atoms with Gasteiger partial charge in [-0.2, -0.15) is 25.0 Å². The molecule has 0 heterocycles. The van der Waals surface area contributed by atoms with Gasteiger partial charge in [0.1, 0.15) is 0 Å². The first-order valence-corrected chi connectivity index (χ1v) is 7.96. The first kappa shape index (κ1) is 32.1. The van der Waals surface area contributed by atoms with E-state index in [1.807, 2.05) is 0 Å². The van der Waals surface area contributed by atoms with Crippen LogP contribution < -0.4 is 24.8 Å². The van der Waals surface area contributed by atoms with Gasteiger partial charge < -0.3 is 38.7 Å². The largest absolute Gasteiger partial charge is 2.00 e. The van der Waals surface area contributed by atoms with E-state index in [-0.39, 0.29) is 58.4 Å². The Balaban J connectivity index is -0.000000116. The molecular formula is C21H32Cl2Zr-4. The predicted octanol–water partition coefficient (Wildman–Crippen LogP) is 0.494. The maximum atomic E-state index is 3.22. The fourth-order valence-electron chi connectivity index (χ4n) is 2.39. The standard InChI is InChI=1S/2C7H9.C6H11.CH3.2ClH.Zr/c2*1-6-3-4-7(2)5-6;1-2-4-6-5-3-1;;;;/h2*3-4,6H,1-2H3;1H,2-6H2;1H3;2*1H;/q4*-1;;;+2/p-2. The van der Waals surface area contributed by atoms with Crippen molar-refractivity contribution in [3.05, 3.63) is 61.4 Å². The second-order valence-corrected chi connectivity index (χ2v) is 5.88. The van der Waals surface area contributed by atoms with E-state index < -0.39 is 0 Å². The van der Waals surface area contributed by atoms with E-state index in [0.717, 1.165) is 0 Å². The molecule has 2 unspecified atom stereocenters. The average Bonchev–Trinajstić information content (AvgIpc) is 3.01. The van der Waals surface area contributed by atoms with Crippen molar-refractivity contribution >= 4 is 0 Å². The van der Waals surface area contributed by atoms with Crippen molar-refractivity contribution in [3.63, 3.8) is 0 Å². The zero-order valence-electron chi connectivity index (χ0n) is 15.8. The van der Waals surface area contributed by atoms with E-state index in [4.69, 9.17) is 0 Å². The topological polar surface area (TPSA) is 0 Å². The minimum Gasteiger partial charge on any atom is -1.00 e. The molecule has 0 bridgehead atoms. The van der Waals surface area contributed by atoms with Crippen molar-refractivity contribution in [1.82, 2.24) is 0 Å². The van der Waals surface area contributed by atoms with Crippen LogP contribution in [0.25, 0.3) is 0 Å². The Hall–Kier alpha value is 0.423. The summed E-state index contributed by atoms with van der Waals surface area (Å²) in [6.45, 7) is 8.40. The van der Waals surface area contributed by atoms with E-state index in [1.54, 1.807) is 0 Å². The molecule has 0 nitrogen and oxygen atoms in total. The number of halogens is 2. The molecule has 0 aliphatic heterocycles. The Labute approximate surface area is 183 Å². The van der Waals surface area contributed by atoms with Gasteiger partial charge in [0.2, 0.25) is 0 Å². The Morgan fingerprint density at radius 3 is 1.29 bits per heavy atom. The molecule has 3 rings (SSSR count). The second-order valence-electron chi connectivity index (χ2n) is 5.88. The third kappa shape index (κ3) is 17.3. The summed E-state index contributed by atoms with van der Waals surface area (Å²) in [5.41, 5.74) is 2.54. The van der Waals surface area contributed by atoms with Gasteiger partial charge in [0.05, 0.1) is 0 Å². The molecule has 0 aromatic rings. The van der Waals surface area contributed by atoms with Crippen LogP contribution >= 0.6 is 0 Å². The van der Waals surface area contributed by atoms with Crippen molar-refractivity contribution in [3.8, 4) is 0 Å². The molecule has 3 aliphatic rings. The zero-order valence-corrected chi connectivity index (χ0v) is 19.8.